The maximum atomic E-state index is 13.8. The maximum absolute atomic E-state index is 13.8. The number of halogens is 3. The van der Waals surface area contributed by atoms with Crippen molar-refractivity contribution in [1.29, 1.82) is 0 Å². The molecule has 0 unspecified atom stereocenters. The van der Waals surface area contributed by atoms with Crippen molar-refractivity contribution in [2.24, 2.45) is 0 Å². The normalized spacial score (nSPS) is 12.5. The number of para-hydroxylation sites is 1. The summed E-state index contributed by atoms with van der Waals surface area (Å²) in [7, 11) is 0. The summed E-state index contributed by atoms with van der Waals surface area (Å²) in [5.74, 6) is -1.90. The van der Waals surface area contributed by atoms with E-state index < -0.39 is 23.7 Å². The van der Waals surface area contributed by atoms with Crippen LogP contribution < -0.4 is 16.0 Å². The summed E-state index contributed by atoms with van der Waals surface area (Å²) in [5.41, 5.74) is 2.83. The number of hydrogen-bond acceptors (Lipinski definition) is 3. The molecule has 0 spiro atoms. The number of anilines is 3. The molecule has 174 valence electrons. The Morgan fingerprint density at radius 2 is 1.59 bits per heavy atom. The number of hydrogen-bond donors (Lipinski definition) is 3. The van der Waals surface area contributed by atoms with Gasteiger partial charge in [-0.15, -0.1) is 0 Å². The lowest BCUT2D eigenvalue weighted by Gasteiger charge is -2.29. The molecular formula is C24H19Br2FN4O3. The molecule has 3 N–H and O–H groups in total. The molecule has 4 amide bonds. The number of carbonyl (C=O) groups is 3. The molecule has 3 aromatic carbocycles. The lowest BCUT2D eigenvalue weighted by atomic mass is 9.97. The topological polar surface area (TPSA) is 90.5 Å². The van der Waals surface area contributed by atoms with E-state index in [0.29, 0.717) is 24.3 Å². The summed E-state index contributed by atoms with van der Waals surface area (Å²) in [4.78, 5) is 39.1. The van der Waals surface area contributed by atoms with Crippen molar-refractivity contribution in [3.63, 3.8) is 0 Å². The molecule has 34 heavy (non-hydrogen) atoms. The molecule has 0 bridgehead atoms. The van der Waals surface area contributed by atoms with Crippen molar-refractivity contribution in [3.8, 4) is 0 Å². The van der Waals surface area contributed by atoms with Crippen molar-refractivity contribution < 1.29 is 18.8 Å². The summed E-state index contributed by atoms with van der Waals surface area (Å²) >= 11 is 6.73. The van der Waals surface area contributed by atoms with Crippen LogP contribution in [0.1, 0.15) is 11.1 Å². The third kappa shape index (κ3) is 5.45. The summed E-state index contributed by atoms with van der Waals surface area (Å²) in [6.45, 7) is 0.549. The van der Waals surface area contributed by atoms with Gasteiger partial charge in [0.15, 0.2) is 0 Å². The van der Waals surface area contributed by atoms with Crippen molar-refractivity contribution in [3.05, 3.63) is 86.6 Å². The first-order valence-electron chi connectivity index (χ1n) is 10.3. The molecule has 4 rings (SSSR count). The van der Waals surface area contributed by atoms with Crippen LogP contribution in [0.15, 0.2) is 69.6 Å². The Kier molecular flexibility index (Phi) is 7.28. The molecule has 0 saturated carbocycles. The highest BCUT2D eigenvalue weighted by Gasteiger charge is 2.27. The largest absolute Gasteiger partial charge is 0.330 e. The number of urea groups is 1. The molecule has 0 radical (unpaired) electrons. The minimum atomic E-state index is -0.726. The minimum absolute atomic E-state index is 0.0744. The van der Waals surface area contributed by atoms with Gasteiger partial charge in [0.2, 0.25) is 0 Å². The van der Waals surface area contributed by atoms with Gasteiger partial charge in [0.05, 0.1) is 5.69 Å². The Balaban J connectivity index is 1.41. The highest BCUT2D eigenvalue weighted by atomic mass is 79.9. The Morgan fingerprint density at radius 3 is 2.35 bits per heavy atom. The first kappa shape index (κ1) is 23.9. The predicted molar refractivity (Wildman–Crippen MR) is 135 cm³/mol. The SMILES string of the molecule is O=C(Nc1ccccc1F)Nc1cccc2c1CCN(C(=O)C(=O)Nc1ccc(Br)c(Br)c1)C2. The summed E-state index contributed by atoms with van der Waals surface area (Å²) < 4.78 is 15.4. The first-order chi connectivity index (χ1) is 16.3. The van der Waals surface area contributed by atoms with Crippen molar-refractivity contribution in [2.45, 2.75) is 13.0 Å². The van der Waals surface area contributed by atoms with Crippen LogP contribution in [0.5, 0.6) is 0 Å². The molecule has 0 aliphatic carbocycles. The molecule has 10 heteroatoms. The van der Waals surface area contributed by atoms with Gasteiger partial charge >= 0.3 is 17.8 Å². The van der Waals surface area contributed by atoms with Gasteiger partial charge < -0.3 is 20.9 Å². The molecular weight excluding hydrogens is 571 g/mol. The molecule has 3 aromatic rings. The van der Waals surface area contributed by atoms with Gasteiger partial charge in [-0.1, -0.05) is 24.3 Å². The van der Waals surface area contributed by atoms with E-state index in [-0.39, 0.29) is 12.2 Å². The van der Waals surface area contributed by atoms with Crippen LogP contribution in [0.4, 0.5) is 26.2 Å². The van der Waals surface area contributed by atoms with Gasteiger partial charge in [0.1, 0.15) is 5.82 Å². The molecule has 7 nitrogen and oxygen atoms in total. The van der Waals surface area contributed by atoms with E-state index in [2.05, 4.69) is 47.8 Å². The third-order valence-electron chi connectivity index (χ3n) is 5.30. The number of rotatable bonds is 3. The van der Waals surface area contributed by atoms with Crippen LogP contribution in [0.2, 0.25) is 0 Å². The number of carbonyl (C=O) groups excluding carboxylic acids is 3. The fourth-order valence-corrected chi connectivity index (χ4v) is 4.27. The fourth-order valence-electron chi connectivity index (χ4n) is 3.64. The first-order valence-corrected chi connectivity index (χ1v) is 11.9. The molecule has 0 fully saturated rings. The van der Waals surface area contributed by atoms with Crippen LogP contribution in [-0.4, -0.2) is 29.3 Å². The van der Waals surface area contributed by atoms with E-state index in [9.17, 15) is 18.8 Å². The van der Waals surface area contributed by atoms with E-state index >= 15 is 0 Å². The summed E-state index contributed by atoms with van der Waals surface area (Å²) in [6, 6.07) is 15.8. The monoisotopic (exact) mass is 588 g/mol. The third-order valence-corrected chi connectivity index (χ3v) is 7.17. The molecule has 1 heterocycles. The van der Waals surface area contributed by atoms with Crippen LogP contribution in [0, 0.1) is 5.82 Å². The second-order valence-corrected chi connectivity index (χ2v) is 9.27. The number of nitrogens with one attached hydrogen (secondary N) is 3. The van der Waals surface area contributed by atoms with Gasteiger partial charge in [-0.05, 0) is 85.8 Å². The fraction of sp³-hybridized carbons (Fsp3) is 0.125. The zero-order chi connectivity index (χ0) is 24.2. The van der Waals surface area contributed by atoms with Crippen molar-refractivity contribution >= 4 is 66.8 Å². The minimum Gasteiger partial charge on any atom is -0.330 e. The van der Waals surface area contributed by atoms with Gasteiger partial charge in [-0.25, -0.2) is 9.18 Å². The molecule has 1 aliphatic heterocycles. The van der Waals surface area contributed by atoms with E-state index in [1.54, 1.807) is 36.4 Å². The zero-order valence-corrected chi connectivity index (χ0v) is 20.9. The summed E-state index contributed by atoms with van der Waals surface area (Å²) in [5, 5.41) is 7.86. The average molecular weight is 590 g/mol. The Hall–Kier alpha value is -3.24. The van der Waals surface area contributed by atoms with Crippen LogP contribution in [-0.2, 0) is 22.6 Å². The van der Waals surface area contributed by atoms with E-state index in [0.717, 1.165) is 20.1 Å². The quantitative estimate of drug-likeness (QED) is 0.351. The lowest BCUT2D eigenvalue weighted by Crippen LogP contribution is -2.42. The molecule has 0 aromatic heterocycles. The second-order valence-electron chi connectivity index (χ2n) is 7.56. The van der Waals surface area contributed by atoms with Crippen LogP contribution >= 0.6 is 31.9 Å². The number of amides is 4. The van der Waals surface area contributed by atoms with Crippen LogP contribution in [0.3, 0.4) is 0 Å². The van der Waals surface area contributed by atoms with Crippen LogP contribution in [0.25, 0.3) is 0 Å². The summed E-state index contributed by atoms with van der Waals surface area (Å²) in [6.07, 6.45) is 0.453. The molecule has 0 saturated heterocycles. The average Bonchev–Trinajstić information content (AvgIpc) is 2.82. The number of benzene rings is 3. The van der Waals surface area contributed by atoms with Crippen molar-refractivity contribution in [1.82, 2.24) is 4.90 Å². The van der Waals surface area contributed by atoms with Crippen molar-refractivity contribution in [2.75, 3.05) is 22.5 Å². The highest BCUT2D eigenvalue weighted by Crippen LogP contribution is 2.28. The number of nitrogens with zero attached hydrogens (tertiary/aromatic N) is 1. The van der Waals surface area contributed by atoms with E-state index in [1.807, 2.05) is 6.07 Å². The molecule has 1 aliphatic rings. The lowest BCUT2D eigenvalue weighted by molar-refractivity contribution is -0.143. The predicted octanol–water partition coefficient (Wildman–Crippen LogP) is 5.52. The Labute approximate surface area is 212 Å². The number of fused-ring (bicyclic) bond motifs is 1. The van der Waals surface area contributed by atoms with Gasteiger partial charge in [0.25, 0.3) is 0 Å². The van der Waals surface area contributed by atoms with Gasteiger partial charge in [-0.2, -0.15) is 0 Å². The van der Waals surface area contributed by atoms with E-state index in [4.69, 9.17) is 0 Å². The Bertz CT molecular complexity index is 1280. The van der Waals surface area contributed by atoms with E-state index in [1.165, 1.54) is 23.1 Å². The molecule has 0 atom stereocenters. The standard InChI is InChI=1S/C24H19Br2FN4O3/c25-17-9-8-15(12-18(17)26)28-22(32)23(33)31-11-10-16-14(13-31)4-3-7-20(16)29-24(34)30-21-6-2-1-5-19(21)27/h1-9,12H,10-11,13H2,(H,28,32)(H2,29,30,34). The second kappa shape index (κ2) is 10.4. The highest BCUT2D eigenvalue weighted by molar-refractivity contribution is 9.13. The zero-order valence-electron chi connectivity index (χ0n) is 17.7. The smallest absolute Gasteiger partial charge is 0.323 e. The maximum Gasteiger partial charge on any atom is 0.323 e. The Morgan fingerprint density at radius 1 is 0.853 bits per heavy atom. The van der Waals surface area contributed by atoms with Gasteiger partial charge in [0, 0.05) is 33.4 Å². The van der Waals surface area contributed by atoms with Gasteiger partial charge in [-0.3, -0.25) is 9.59 Å².